The predicted molar refractivity (Wildman–Crippen MR) is 134 cm³/mol. The van der Waals surface area contributed by atoms with Gasteiger partial charge in [-0.2, -0.15) is 8.42 Å². The Morgan fingerprint density at radius 3 is 2.46 bits per heavy atom. The number of rotatable bonds is 9. The van der Waals surface area contributed by atoms with Gasteiger partial charge in [0.25, 0.3) is 0 Å². The van der Waals surface area contributed by atoms with Gasteiger partial charge in [-0.05, 0) is 54.8 Å². The van der Waals surface area contributed by atoms with E-state index in [9.17, 15) is 13.2 Å². The molecule has 8 nitrogen and oxygen atoms in total. The van der Waals surface area contributed by atoms with Crippen molar-refractivity contribution in [3.05, 3.63) is 88.4 Å². The monoisotopic (exact) mass is 514 g/mol. The number of hydrogen-bond acceptors (Lipinski definition) is 8. The number of esters is 1. The predicted octanol–water partition coefficient (Wildman–Crippen LogP) is 5.12. The van der Waals surface area contributed by atoms with E-state index in [2.05, 4.69) is 19.3 Å². The van der Waals surface area contributed by atoms with Crippen LogP contribution in [0.4, 0.5) is 0 Å². The Morgan fingerprint density at radius 2 is 1.74 bits per heavy atom. The van der Waals surface area contributed by atoms with Crippen LogP contribution in [0.15, 0.2) is 81.9 Å². The highest BCUT2D eigenvalue weighted by Gasteiger charge is 2.23. The fourth-order valence-electron chi connectivity index (χ4n) is 3.14. The maximum Gasteiger partial charge on any atom is 0.359 e. The second-order valence-corrected chi connectivity index (χ2v) is 9.33. The summed E-state index contributed by atoms with van der Waals surface area (Å²) in [6.07, 6.45) is 0.633. The number of methoxy groups -OCH3 is 1. The lowest BCUT2D eigenvalue weighted by molar-refractivity contribution is -0.132. The first-order chi connectivity index (χ1) is 16.7. The molecule has 3 aromatic carbocycles. The lowest BCUT2D eigenvalue weighted by Gasteiger charge is -2.14. The molecule has 10 heteroatoms. The third kappa shape index (κ3) is 6.91. The molecule has 0 amide bonds. The molecule has 0 aliphatic heterocycles. The van der Waals surface area contributed by atoms with E-state index in [0.29, 0.717) is 33.6 Å². The number of aryl methyl sites for hydroxylation is 1. The Hall–Kier alpha value is -3.69. The minimum absolute atomic E-state index is 0.0931. The average molecular weight is 515 g/mol. The van der Waals surface area contributed by atoms with Crippen LogP contribution in [0.25, 0.3) is 11.1 Å². The molecular weight excluding hydrogens is 492 g/mol. The summed E-state index contributed by atoms with van der Waals surface area (Å²) in [6.45, 7) is 3.75. The Labute approximate surface area is 208 Å². The zero-order valence-electron chi connectivity index (χ0n) is 19.3. The molecule has 182 valence electrons. The van der Waals surface area contributed by atoms with Crippen molar-refractivity contribution in [3.8, 4) is 11.1 Å². The van der Waals surface area contributed by atoms with Crippen molar-refractivity contribution in [3.63, 3.8) is 0 Å². The molecule has 3 rings (SSSR count). The zero-order chi connectivity index (χ0) is 25.4. The van der Waals surface area contributed by atoms with Crippen molar-refractivity contribution in [2.45, 2.75) is 25.3 Å². The van der Waals surface area contributed by atoms with Crippen LogP contribution in [0, 0.1) is 6.92 Å². The van der Waals surface area contributed by atoms with Crippen LogP contribution in [-0.4, -0.2) is 33.4 Å². The number of ether oxygens (including phenoxy) is 1. The van der Waals surface area contributed by atoms with E-state index in [-0.39, 0.29) is 11.5 Å². The van der Waals surface area contributed by atoms with Crippen molar-refractivity contribution in [2.75, 3.05) is 7.11 Å². The molecule has 0 atom stereocenters. The van der Waals surface area contributed by atoms with Crippen LogP contribution in [0.5, 0.6) is 0 Å². The molecule has 0 aliphatic rings. The van der Waals surface area contributed by atoms with Crippen molar-refractivity contribution < 1.29 is 27.1 Å². The number of oxime groups is 2. The van der Waals surface area contributed by atoms with Crippen LogP contribution in [0.2, 0.25) is 5.02 Å². The quantitative estimate of drug-likeness (QED) is 0.223. The summed E-state index contributed by atoms with van der Waals surface area (Å²) in [4.78, 5) is 16.7. The van der Waals surface area contributed by atoms with Crippen LogP contribution in [-0.2, 0) is 35.4 Å². The molecule has 0 aliphatic carbocycles. The van der Waals surface area contributed by atoms with Crippen LogP contribution in [0.3, 0.4) is 0 Å². The van der Waals surface area contributed by atoms with Crippen LogP contribution < -0.4 is 0 Å². The minimum atomic E-state index is -4.33. The molecular formula is C25H23ClN2O6S. The van der Waals surface area contributed by atoms with Gasteiger partial charge >= 0.3 is 16.1 Å². The van der Waals surface area contributed by atoms with E-state index < -0.39 is 16.1 Å². The Balaban J connectivity index is 1.90. The highest BCUT2D eigenvalue weighted by molar-refractivity contribution is 7.86. The minimum Gasteiger partial charge on any atom is -0.465 e. The van der Waals surface area contributed by atoms with E-state index in [1.165, 1.54) is 6.07 Å². The first-order valence-corrected chi connectivity index (χ1v) is 12.2. The van der Waals surface area contributed by atoms with Gasteiger partial charge in [-0.3, -0.25) is 4.28 Å². The number of carbonyl (C=O) groups is 1. The summed E-state index contributed by atoms with van der Waals surface area (Å²) in [6, 6.07) is 19.2. The third-order valence-electron chi connectivity index (χ3n) is 4.90. The molecule has 0 spiro atoms. The van der Waals surface area contributed by atoms with E-state index >= 15 is 0 Å². The molecule has 0 saturated heterocycles. The molecule has 0 bridgehead atoms. The van der Waals surface area contributed by atoms with Crippen molar-refractivity contribution in [1.82, 2.24) is 0 Å². The molecule has 0 fully saturated rings. The lowest BCUT2D eigenvalue weighted by Crippen LogP contribution is -2.08. The Morgan fingerprint density at radius 1 is 1.03 bits per heavy atom. The second-order valence-electron chi connectivity index (χ2n) is 7.40. The molecule has 0 N–H and O–H groups in total. The first-order valence-electron chi connectivity index (χ1n) is 10.4. The third-order valence-corrected chi connectivity index (χ3v) is 6.32. The summed E-state index contributed by atoms with van der Waals surface area (Å²) in [5.41, 5.74) is 4.09. The fourth-order valence-corrected chi connectivity index (χ4v) is 4.17. The first kappa shape index (κ1) is 25.9. The summed E-state index contributed by atoms with van der Waals surface area (Å²) in [5.74, 6) is -0.846. The van der Waals surface area contributed by atoms with Gasteiger partial charge < -0.3 is 9.57 Å². The lowest BCUT2D eigenvalue weighted by atomic mass is 9.98. The van der Waals surface area contributed by atoms with Gasteiger partial charge in [0.1, 0.15) is 11.5 Å². The SMILES string of the molecule is COC(=O)C=NOS(=O)(=O)c1ccc(C)cc1-c1ccccc1CON=C(C)c1ccc(Cl)cc1. The molecule has 3 aromatic rings. The van der Waals surface area contributed by atoms with Crippen molar-refractivity contribution >= 4 is 39.6 Å². The van der Waals surface area contributed by atoms with E-state index in [1.54, 1.807) is 36.4 Å². The standard InChI is InChI=1S/C25H23ClN2O6S/c1-17-8-13-24(35(30,31)34-27-15-25(29)32-3)23(14-17)22-7-5-4-6-20(22)16-33-28-18(2)19-9-11-21(26)12-10-19/h4-15H,16H2,1-3H3. The molecule has 35 heavy (non-hydrogen) atoms. The van der Waals surface area contributed by atoms with Gasteiger partial charge in [-0.25, -0.2) is 4.79 Å². The average Bonchev–Trinajstić information content (AvgIpc) is 2.84. The number of nitrogens with zero attached hydrogens (tertiary/aromatic N) is 2. The summed E-state index contributed by atoms with van der Waals surface area (Å²) in [7, 11) is -3.20. The Kier molecular flexibility index (Phi) is 8.62. The molecule has 0 aromatic heterocycles. The van der Waals surface area contributed by atoms with Gasteiger partial charge in [0.05, 0.1) is 12.8 Å². The van der Waals surface area contributed by atoms with Gasteiger partial charge in [-0.15, -0.1) is 0 Å². The van der Waals surface area contributed by atoms with E-state index in [1.807, 2.05) is 38.1 Å². The van der Waals surface area contributed by atoms with E-state index in [0.717, 1.165) is 18.2 Å². The van der Waals surface area contributed by atoms with Crippen LogP contribution >= 0.6 is 11.6 Å². The molecule has 0 radical (unpaired) electrons. The summed E-state index contributed by atoms with van der Waals surface area (Å²) >= 11 is 5.93. The van der Waals surface area contributed by atoms with Crippen molar-refractivity contribution in [1.29, 1.82) is 0 Å². The van der Waals surface area contributed by atoms with E-state index in [4.69, 9.17) is 16.4 Å². The maximum atomic E-state index is 12.9. The highest BCUT2D eigenvalue weighted by Crippen LogP contribution is 2.32. The fraction of sp³-hybridized carbons (Fsp3) is 0.160. The second kappa shape index (κ2) is 11.6. The molecule has 0 unspecified atom stereocenters. The number of carbonyl (C=O) groups excluding carboxylic acids is 1. The maximum absolute atomic E-state index is 12.9. The van der Waals surface area contributed by atoms with Gasteiger partial charge in [0.15, 0.2) is 6.21 Å². The van der Waals surface area contributed by atoms with Gasteiger partial charge in [0.2, 0.25) is 0 Å². The molecule has 0 heterocycles. The number of benzene rings is 3. The number of halogens is 1. The normalized spacial score (nSPS) is 11.9. The summed E-state index contributed by atoms with van der Waals surface area (Å²) in [5, 5.41) is 8.04. The van der Waals surface area contributed by atoms with Crippen LogP contribution in [0.1, 0.15) is 23.6 Å². The number of hydrogen-bond donors (Lipinski definition) is 0. The Bertz CT molecular complexity index is 1370. The van der Waals surface area contributed by atoms with Gasteiger partial charge in [-0.1, -0.05) is 69.9 Å². The zero-order valence-corrected chi connectivity index (χ0v) is 20.8. The highest BCUT2D eigenvalue weighted by atomic mass is 35.5. The van der Waals surface area contributed by atoms with Gasteiger partial charge in [0, 0.05) is 10.6 Å². The largest absolute Gasteiger partial charge is 0.465 e. The smallest absolute Gasteiger partial charge is 0.359 e. The van der Waals surface area contributed by atoms with Crippen molar-refractivity contribution in [2.24, 2.45) is 10.3 Å². The molecule has 0 saturated carbocycles. The topological polar surface area (TPSA) is 104 Å². The summed E-state index contributed by atoms with van der Waals surface area (Å²) < 4.78 is 34.8.